The van der Waals surface area contributed by atoms with E-state index in [1.807, 2.05) is 13.8 Å². The first-order valence-electron chi connectivity index (χ1n) is 17.3. The van der Waals surface area contributed by atoms with Crippen molar-refractivity contribution in [3.05, 3.63) is 34.9 Å². The van der Waals surface area contributed by atoms with Gasteiger partial charge in [0.2, 0.25) is 0 Å². The SMILES string of the molecule is CCCCc1nn(-c2nc(OC)nc(-n3nc(CCCC)c(N=Nc4c(C(=O)C(C)O)cnn4C)c3N)n2)c(N)c1N=Nc1c(C(=O)OCC)cnn1C. The van der Waals surface area contributed by atoms with Gasteiger partial charge < -0.3 is 26.0 Å². The number of azo groups is 2. The molecule has 0 amide bonds. The van der Waals surface area contributed by atoms with Crippen molar-refractivity contribution < 1.29 is 24.2 Å². The molecular weight excluding hydrogens is 702 g/mol. The Morgan fingerprint density at radius 3 is 1.72 bits per heavy atom. The van der Waals surface area contributed by atoms with Crippen LogP contribution in [0.15, 0.2) is 32.9 Å². The largest absolute Gasteiger partial charge is 0.467 e. The lowest BCUT2D eigenvalue weighted by Gasteiger charge is -2.08. The average molecular weight is 746 g/mol. The van der Waals surface area contributed by atoms with E-state index in [9.17, 15) is 14.7 Å². The number of nitrogens with zero attached hydrogens (tertiary/aromatic N) is 15. The van der Waals surface area contributed by atoms with Crippen molar-refractivity contribution in [2.45, 2.75) is 72.3 Å². The molecule has 286 valence electrons. The van der Waals surface area contributed by atoms with Gasteiger partial charge in [0, 0.05) is 14.1 Å². The smallest absolute Gasteiger partial charge is 0.343 e. The number of carbonyl (C=O) groups is 2. The van der Waals surface area contributed by atoms with E-state index in [0.717, 1.165) is 25.7 Å². The molecule has 5 rings (SSSR count). The summed E-state index contributed by atoms with van der Waals surface area (Å²) in [6, 6.07) is -0.0958. The summed E-state index contributed by atoms with van der Waals surface area (Å²) in [6.07, 6.45) is 5.61. The number of Topliss-reactive ketones (excluding diaryl/α,β-unsaturated/α-hetero) is 1. The number of aryl methyl sites for hydroxylation is 4. The monoisotopic (exact) mass is 745 g/mol. The quantitative estimate of drug-likeness (QED) is 0.0685. The van der Waals surface area contributed by atoms with Crippen molar-refractivity contribution in [2.24, 2.45) is 34.6 Å². The summed E-state index contributed by atoms with van der Waals surface area (Å²) in [5.74, 6) is -0.847. The fourth-order valence-corrected chi connectivity index (χ4v) is 5.15. The van der Waals surface area contributed by atoms with Crippen molar-refractivity contribution in [2.75, 3.05) is 25.2 Å². The number of rotatable bonds is 17. The van der Waals surface area contributed by atoms with Crippen LogP contribution in [0.25, 0.3) is 11.9 Å². The second-order valence-electron chi connectivity index (χ2n) is 12.0. The predicted molar refractivity (Wildman–Crippen MR) is 193 cm³/mol. The number of carbonyl (C=O) groups excluding carboxylic acids is 2. The Labute approximate surface area is 309 Å². The molecule has 22 heteroatoms. The number of aliphatic hydroxyl groups excluding tert-OH is 1. The van der Waals surface area contributed by atoms with Gasteiger partial charge in [-0.15, -0.1) is 20.5 Å². The number of aromatic nitrogens is 11. The Kier molecular flexibility index (Phi) is 12.1. The van der Waals surface area contributed by atoms with E-state index in [0.29, 0.717) is 24.2 Å². The maximum absolute atomic E-state index is 12.6. The van der Waals surface area contributed by atoms with Crippen LogP contribution in [0.2, 0.25) is 0 Å². The van der Waals surface area contributed by atoms with Gasteiger partial charge in [0.15, 0.2) is 40.4 Å². The molecule has 5 aromatic rings. The fraction of sp³-hybridized carbons (Fsp3) is 0.469. The minimum absolute atomic E-state index is 0.0364. The van der Waals surface area contributed by atoms with Crippen LogP contribution < -0.4 is 16.2 Å². The van der Waals surface area contributed by atoms with E-state index in [2.05, 4.69) is 50.7 Å². The number of hydrogen-bond donors (Lipinski definition) is 3. The average Bonchev–Trinajstić information content (AvgIpc) is 3.90. The van der Waals surface area contributed by atoms with Gasteiger partial charge in [-0.05, 0) is 39.5 Å². The van der Waals surface area contributed by atoms with Crippen LogP contribution in [0.5, 0.6) is 6.01 Å². The molecule has 0 spiro atoms. The molecule has 0 aliphatic carbocycles. The fourth-order valence-electron chi connectivity index (χ4n) is 5.15. The zero-order valence-electron chi connectivity index (χ0n) is 31.1. The number of anilines is 2. The number of methoxy groups -OCH3 is 1. The van der Waals surface area contributed by atoms with Crippen LogP contribution in [0.3, 0.4) is 0 Å². The molecule has 0 saturated carbocycles. The summed E-state index contributed by atoms with van der Waals surface area (Å²) in [4.78, 5) is 38.5. The van der Waals surface area contributed by atoms with E-state index in [1.165, 1.54) is 45.2 Å². The van der Waals surface area contributed by atoms with Crippen LogP contribution in [-0.2, 0) is 31.7 Å². The Bertz CT molecular complexity index is 2190. The van der Waals surface area contributed by atoms with Crippen LogP contribution in [0.4, 0.5) is 34.6 Å². The van der Waals surface area contributed by atoms with Crippen molar-refractivity contribution in [3.8, 4) is 17.9 Å². The Balaban J connectivity index is 1.60. The van der Waals surface area contributed by atoms with Crippen LogP contribution >= 0.6 is 0 Å². The van der Waals surface area contributed by atoms with Crippen LogP contribution in [-0.4, -0.2) is 90.8 Å². The van der Waals surface area contributed by atoms with E-state index < -0.39 is 17.9 Å². The van der Waals surface area contributed by atoms with E-state index in [4.69, 9.17) is 26.0 Å². The minimum atomic E-state index is -1.26. The van der Waals surface area contributed by atoms with E-state index >= 15 is 0 Å². The van der Waals surface area contributed by atoms with Gasteiger partial charge in [-0.1, -0.05) is 26.7 Å². The molecule has 22 nitrogen and oxygen atoms in total. The normalized spacial score (nSPS) is 12.3. The first-order valence-corrected chi connectivity index (χ1v) is 17.3. The van der Waals surface area contributed by atoms with Gasteiger partial charge in [0.25, 0.3) is 11.9 Å². The number of unbranched alkanes of at least 4 members (excludes halogenated alkanes) is 2. The predicted octanol–water partition coefficient (Wildman–Crippen LogP) is 4.14. The summed E-state index contributed by atoms with van der Waals surface area (Å²) in [5, 5.41) is 44.9. The highest BCUT2D eigenvalue weighted by atomic mass is 16.5. The summed E-state index contributed by atoms with van der Waals surface area (Å²) >= 11 is 0. The summed E-state index contributed by atoms with van der Waals surface area (Å²) < 4.78 is 15.9. The third-order valence-corrected chi connectivity index (χ3v) is 8.06. The topological polar surface area (TPSA) is 284 Å². The molecule has 5 N–H and O–H groups in total. The van der Waals surface area contributed by atoms with Gasteiger partial charge in [-0.25, -0.2) is 14.2 Å². The van der Waals surface area contributed by atoms with E-state index in [-0.39, 0.29) is 70.3 Å². The molecule has 0 saturated heterocycles. The van der Waals surface area contributed by atoms with Crippen LogP contribution in [0.1, 0.15) is 85.5 Å². The first-order chi connectivity index (χ1) is 25.9. The maximum atomic E-state index is 12.6. The second kappa shape index (κ2) is 16.9. The van der Waals surface area contributed by atoms with E-state index in [1.54, 1.807) is 21.0 Å². The van der Waals surface area contributed by atoms with Crippen molar-refractivity contribution in [1.82, 2.24) is 54.1 Å². The number of nitrogen functional groups attached to an aromatic ring is 2. The maximum Gasteiger partial charge on any atom is 0.343 e. The Morgan fingerprint density at radius 2 is 1.28 bits per heavy atom. The lowest BCUT2D eigenvalue weighted by Crippen LogP contribution is -2.15. The van der Waals surface area contributed by atoms with Crippen molar-refractivity contribution in [3.63, 3.8) is 0 Å². The zero-order valence-corrected chi connectivity index (χ0v) is 31.1. The highest BCUT2D eigenvalue weighted by Crippen LogP contribution is 2.35. The summed E-state index contributed by atoms with van der Waals surface area (Å²) in [5.41, 5.74) is 15.0. The first kappa shape index (κ1) is 38.8. The lowest BCUT2D eigenvalue weighted by molar-refractivity contribution is 0.0527. The molecule has 0 aliphatic rings. The number of hydrogen-bond acceptors (Lipinski definition) is 18. The second-order valence-corrected chi connectivity index (χ2v) is 12.0. The Hall–Kier alpha value is -6.45. The van der Waals surface area contributed by atoms with Gasteiger partial charge >= 0.3 is 12.0 Å². The van der Waals surface area contributed by atoms with Crippen molar-refractivity contribution in [1.29, 1.82) is 0 Å². The molecule has 0 radical (unpaired) electrons. The van der Waals surface area contributed by atoms with Gasteiger partial charge in [-0.2, -0.15) is 44.7 Å². The summed E-state index contributed by atoms with van der Waals surface area (Å²) in [6.45, 7) is 7.30. The third kappa shape index (κ3) is 7.96. The number of ether oxygens (including phenoxy) is 2. The molecule has 0 aromatic carbocycles. The summed E-state index contributed by atoms with van der Waals surface area (Å²) in [7, 11) is 4.60. The van der Waals surface area contributed by atoms with Crippen molar-refractivity contribution >= 4 is 46.4 Å². The molecule has 5 aromatic heterocycles. The third-order valence-electron chi connectivity index (χ3n) is 8.06. The minimum Gasteiger partial charge on any atom is -0.467 e. The standard InChI is InChI=1S/C32H43N17O5/c1-8-11-13-20-22(40-42-27-18(15-35-46(27)5)24(51)17(4)50)25(33)48(44-20)30-37-31(39-32(38-30)53-7)49-26(34)23(21(45-49)14-12-9-2)41-43-28-19(16-36-47(28)6)29(52)54-10-3/h15-17,50H,8-14,33-34H2,1-7H3. The Morgan fingerprint density at radius 1 is 0.796 bits per heavy atom. The van der Waals surface area contributed by atoms with Gasteiger partial charge in [0.05, 0.1) is 43.1 Å². The number of aliphatic hydroxyl groups is 1. The van der Waals surface area contributed by atoms with Crippen LogP contribution in [0, 0.1) is 0 Å². The number of ketones is 1. The lowest BCUT2D eigenvalue weighted by atomic mass is 10.1. The van der Waals surface area contributed by atoms with Gasteiger partial charge in [-0.3, -0.25) is 4.79 Å². The molecule has 5 heterocycles. The van der Waals surface area contributed by atoms with Gasteiger partial charge in [0.1, 0.15) is 11.7 Å². The molecule has 0 bridgehead atoms. The molecular formula is C32H43N17O5. The molecule has 54 heavy (non-hydrogen) atoms. The molecule has 0 fully saturated rings. The number of nitrogens with two attached hydrogens (primary N) is 2. The molecule has 0 aliphatic heterocycles. The molecule has 1 unspecified atom stereocenters. The highest BCUT2D eigenvalue weighted by Gasteiger charge is 2.25. The zero-order chi connectivity index (χ0) is 39.1. The molecule has 1 atom stereocenters. The number of esters is 1. The highest BCUT2D eigenvalue weighted by molar-refractivity contribution is 6.02.